The third-order valence-electron chi connectivity index (χ3n) is 16.6. The summed E-state index contributed by atoms with van der Waals surface area (Å²) in [6.45, 7) is 24.3. The Kier molecular flexibility index (Phi) is 68.7. The molecule has 0 amide bonds. The molecular weight excluding hydrogens is 1120 g/mol. The average molecular weight is 1270 g/mol. The van der Waals surface area contributed by atoms with Crippen LogP contribution in [0.4, 0.5) is 0 Å². The SMILES string of the molecule is CCCCC/C=C\CCCCCO[Si](CCCCN(C)CCN(C)CCN(C)CCCC[Si](OCCC/C=C\CCCCC)(OCCC/C=C\CCCCC)OCCC/C=C\CCCCC)(OCCC/C=C\CCCCC)OCCC/C=C\CCCCC. The molecule has 0 aromatic heterocycles. The van der Waals surface area contributed by atoms with Gasteiger partial charge in [-0.05, 0) is 220 Å². The molecule has 0 atom stereocenters. The first-order valence-corrected chi connectivity index (χ1v) is 41.9. The van der Waals surface area contributed by atoms with Crippen molar-refractivity contribution >= 4 is 17.6 Å². The van der Waals surface area contributed by atoms with E-state index >= 15 is 0 Å². The molecule has 0 aromatic rings. The van der Waals surface area contributed by atoms with Crippen molar-refractivity contribution in [2.75, 3.05) is 100 Å². The minimum absolute atomic E-state index is 0.705. The van der Waals surface area contributed by atoms with Gasteiger partial charge in [0, 0.05) is 77.9 Å². The van der Waals surface area contributed by atoms with Gasteiger partial charge in [0.25, 0.3) is 0 Å². The lowest BCUT2D eigenvalue weighted by Gasteiger charge is -2.30. The van der Waals surface area contributed by atoms with Gasteiger partial charge in [-0.2, -0.15) is 0 Å². The first kappa shape index (κ1) is 86.5. The van der Waals surface area contributed by atoms with Gasteiger partial charge in [0.1, 0.15) is 0 Å². The van der Waals surface area contributed by atoms with Gasteiger partial charge in [0.2, 0.25) is 0 Å². The van der Waals surface area contributed by atoms with E-state index in [1.807, 2.05) is 0 Å². The van der Waals surface area contributed by atoms with Crippen LogP contribution in [-0.2, 0) is 26.6 Å². The van der Waals surface area contributed by atoms with Gasteiger partial charge in [-0.25, -0.2) is 0 Å². The summed E-state index contributed by atoms with van der Waals surface area (Å²) in [7, 11) is 1.14. The van der Waals surface area contributed by atoms with E-state index in [4.69, 9.17) is 26.6 Å². The largest absolute Gasteiger partial charge is 0.500 e. The molecule has 0 rings (SSSR count). The predicted octanol–water partition coefficient (Wildman–Crippen LogP) is 22.6. The van der Waals surface area contributed by atoms with E-state index in [-0.39, 0.29) is 0 Å². The molecule has 0 aliphatic rings. The lowest BCUT2D eigenvalue weighted by Crippen LogP contribution is -2.46. The Morgan fingerprint density at radius 3 is 0.625 bits per heavy atom. The summed E-state index contributed by atoms with van der Waals surface area (Å²) in [5.74, 6) is 0. The summed E-state index contributed by atoms with van der Waals surface area (Å²) in [6, 6.07) is 1.79. The van der Waals surface area contributed by atoms with Crippen molar-refractivity contribution in [1.82, 2.24) is 14.7 Å². The zero-order valence-electron chi connectivity index (χ0n) is 60.3. The maximum atomic E-state index is 6.93. The number of rotatable bonds is 72. The van der Waals surface area contributed by atoms with E-state index in [1.165, 1.54) is 173 Å². The van der Waals surface area contributed by atoms with Crippen LogP contribution in [0.2, 0.25) is 12.1 Å². The van der Waals surface area contributed by atoms with Crippen LogP contribution in [0.15, 0.2) is 72.9 Å². The summed E-state index contributed by atoms with van der Waals surface area (Å²) in [5.41, 5.74) is 0. The Hall–Kier alpha value is -1.49. The van der Waals surface area contributed by atoms with Crippen molar-refractivity contribution in [2.24, 2.45) is 0 Å². The summed E-state index contributed by atoms with van der Waals surface area (Å²) < 4.78 is 41.4. The first-order valence-electron chi connectivity index (χ1n) is 38.0. The molecule has 0 aliphatic carbocycles. The molecular formula is C77H151N3O6Si2. The predicted molar refractivity (Wildman–Crippen MR) is 392 cm³/mol. The third-order valence-corrected chi connectivity index (χ3v) is 22.4. The number of allylic oxidation sites excluding steroid dienone is 12. The van der Waals surface area contributed by atoms with Crippen LogP contribution in [0, 0.1) is 0 Å². The lowest BCUT2D eigenvalue weighted by molar-refractivity contribution is 0.0554. The highest BCUT2D eigenvalue weighted by Gasteiger charge is 2.41. The van der Waals surface area contributed by atoms with Gasteiger partial charge in [-0.3, -0.25) is 0 Å². The standard InChI is InChI=1S/C77H151N3O6Si2/c1-10-16-22-28-34-40-41-47-53-61-75-86-88(84-73-59-51-45-38-32-26-20-14-5,85-74-60-52-46-39-33-27-21-15-6)77-63-55-65-79(8)67-69-80(9)68-66-78(7)64-54-62-76-87(81-70-56-48-42-35-29-23-17-11-2,82-71-57-49-43-36-30-24-18-12-3)83-72-58-50-44-37-31-25-19-13-4/h34-40,42-46H,10-33,41,47-77H2,1-9H3/b40-34-,42-35-,43-36-,44-37-,45-38-,46-39-. The summed E-state index contributed by atoms with van der Waals surface area (Å²) in [6.07, 6.45) is 78.2. The lowest BCUT2D eigenvalue weighted by atomic mass is 10.1. The molecule has 0 spiro atoms. The Balaban J connectivity index is 5.60. The molecule has 0 heterocycles. The second-order valence-corrected chi connectivity index (χ2v) is 31.1. The molecule has 0 bridgehead atoms. The van der Waals surface area contributed by atoms with Gasteiger partial charge < -0.3 is 41.3 Å². The molecule has 0 saturated heterocycles. The second-order valence-electron chi connectivity index (χ2n) is 25.6. The normalized spacial score (nSPS) is 13.0. The molecule has 0 aromatic carbocycles. The first-order chi connectivity index (χ1) is 43.3. The number of nitrogens with zero attached hydrogens (tertiary/aromatic N) is 3. The van der Waals surface area contributed by atoms with Crippen molar-refractivity contribution in [2.45, 2.75) is 323 Å². The van der Waals surface area contributed by atoms with Gasteiger partial charge in [0.05, 0.1) is 0 Å². The molecule has 0 saturated carbocycles. The fourth-order valence-corrected chi connectivity index (χ4v) is 16.0. The van der Waals surface area contributed by atoms with Crippen LogP contribution in [-0.4, -0.2) is 132 Å². The number of unbranched alkanes of at least 4 members (excludes halogenated alkanes) is 28. The van der Waals surface area contributed by atoms with Crippen LogP contribution in [0.5, 0.6) is 0 Å². The zero-order chi connectivity index (χ0) is 64.1. The topological polar surface area (TPSA) is 65.1 Å². The number of hydrogen-bond acceptors (Lipinski definition) is 9. The molecule has 518 valence electrons. The second kappa shape index (κ2) is 69.8. The molecule has 88 heavy (non-hydrogen) atoms. The zero-order valence-corrected chi connectivity index (χ0v) is 62.3. The summed E-state index contributed by atoms with van der Waals surface area (Å²) in [4.78, 5) is 7.56. The summed E-state index contributed by atoms with van der Waals surface area (Å²) in [5, 5.41) is 0. The Labute approximate surface area is 552 Å². The van der Waals surface area contributed by atoms with Crippen molar-refractivity contribution in [3.63, 3.8) is 0 Å². The van der Waals surface area contributed by atoms with Crippen molar-refractivity contribution in [3.05, 3.63) is 72.9 Å². The van der Waals surface area contributed by atoms with Gasteiger partial charge in [-0.15, -0.1) is 0 Å². The van der Waals surface area contributed by atoms with Gasteiger partial charge >= 0.3 is 17.6 Å². The third kappa shape index (κ3) is 60.7. The Morgan fingerprint density at radius 1 is 0.205 bits per heavy atom. The molecule has 0 radical (unpaired) electrons. The monoisotopic (exact) mass is 1270 g/mol. The minimum Gasteiger partial charge on any atom is -0.373 e. The highest BCUT2D eigenvalue weighted by molar-refractivity contribution is 6.61. The maximum absolute atomic E-state index is 6.93. The quantitative estimate of drug-likeness (QED) is 0.0337. The average Bonchev–Trinajstić information content (AvgIpc) is 3.74. The van der Waals surface area contributed by atoms with Gasteiger partial charge in [0.15, 0.2) is 0 Å². The van der Waals surface area contributed by atoms with E-state index < -0.39 is 17.6 Å². The molecule has 9 nitrogen and oxygen atoms in total. The fraction of sp³-hybridized carbons (Fsp3) is 0.844. The molecule has 11 heteroatoms. The molecule has 0 N–H and O–H groups in total. The van der Waals surface area contributed by atoms with Gasteiger partial charge in [-0.1, -0.05) is 198 Å². The van der Waals surface area contributed by atoms with Crippen LogP contribution in [0.1, 0.15) is 311 Å². The molecule has 0 aliphatic heterocycles. The molecule has 0 fully saturated rings. The fourth-order valence-electron chi connectivity index (χ4n) is 10.5. The van der Waals surface area contributed by atoms with Crippen LogP contribution in [0.25, 0.3) is 0 Å². The Bertz CT molecular complexity index is 1480. The van der Waals surface area contributed by atoms with E-state index in [9.17, 15) is 0 Å². The van der Waals surface area contributed by atoms with Crippen molar-refractivity contribution in [1.29, 1.82) is 0 Å². The molecule has 0 unspecified atom stereocenters. The van der Waals surface area contributed by atoms with Crippen LogP contribution in [0.3, 0.4) is 0 Å². The Morgan fingerprint density at radius 2 is 0.398 bits per heavy atom. The van der Waals surface area contributed by atoms with E-state index in [0.717, 1.165) is 154 Å². The number of hydrogen-bond donors (Lipinski definition) is 0. The number of likely N-dealkylation sites (N-methyl/N-ethyl adjacent to an activating group) is 3. The summed E-state index contributed by atoms with van der Waals surface area (Å²) >= 11 is 0. The van der Waals surface area contributed by atoms with E-state index in [1.54, 1.807) is 0 Å². The van der Waals surface area contributed by atoms with Crippen molar-refractivity contribution in [3.8, 4) is 0 Å². The van der Waals surface area contributed by atoms with E-state index in [2.05, 4.69) is 150 Å². The highest BCUT2D eigenvalue weighted by atomic mass is 28.4. The van der Waals surface area contributed by atoms with Crippen LogP contribution < -0.4 is 0 Å². The smallest absolute Gasteiger partial charge is 0.373 e. The van der Waals surface area contributed by atoms with E-state index in [0.29, 0.717) is 33.0 Å². The van der Waals surface area contributed by atoms with Crippen molar-refractivity contribution < 1.29 is 26.6 Å². The minimum atomic E-state index is -2.88. The van der Waals surface area contributed by atoms with Crippen LogP contribution >= 0.6 is 0 Å². The highest BCUT2D eigenvalue weighted by Crippen LogP contribution is 2.24. The maximum Gasteiger partial charge on any atom is 0.500 e.